The number of aromatic hydroxyl groups is 1. The predicted molar refractivity (Wildman–Crippen MR) is 96.0 cm³/mol. The molecule has 0 heterocycles. The van der Waals surface area contributed by atoms with Gasteiger partial charge in [0, 0.05) is 0 Å². The van der Waals surface area contributed by atoms with Crippen molar-refractivity contribution in [2.75, 3.05) is 6.61 Å². The van der Waals surface area contributed by atoms with Crippen molar-refractivity contribution in [3.05, 3.63) is 53.1 Å². The highest BCUT2D eigenvalue weighted by Crippen LogP contribution is 2.33. The van der Waals surface area contributed by atoms with Crippen LogP contribution in [0.4, 0.5) is 0 Å². The maximum atomic E-state index is 12.3. The van der Waals surface area contributed by atoms with Crippen LogP contribution in [0.25, 0.3) is 11.1 Å². The van der Waals surface area contributed by atoms with E-state index in [1.807, 2.05) is 30.3 Å². The third kappa shape index (κ3) is 4.98. The van der Waals surface area contributed by atoms with Crippen molar-refractivity contribution in [3.63, 3.8) is 0 Å². The van der Waals surface area contributed by atoms with Gasteiger partial charge in [0.2, 0.25) is 0 Å². The van der Waals surface area contributed by atoms with Gasteiger partial charge in [-0.25, -0.2) is 5.48 Å². The van der Waals surface area contributed by atoms with Gasteiger partial charge < -0.3 is 5.11 Å². The average Bonchev–Trinajstić information content (AvgIpc) is 2.53. The smallest absolute Gasteiger partial charge is 0.278 e. The normalized spacial score (nSPS) is 11.3. The number of benzene rings is 2. The molecule has 24 heavy (non-hydrogen) atoms. The van der Waals surface area contributed by atoms with E-state index in [1.165, 1.54) is 0 Å². The van der Waals surface area contributed by atoms with E-state index in [4.69, 9.17) is 16.4 Å². The molecule has 0 aromatic heterocycles. The van der Waals surface area contributed by atoms with E-state index in [0.29, 0.717) is 6.61 Å². The van der Waals surface area contributed by atoms with E-state index < -0.39 is 5.91 Å². The molecule has 0 aliphatic rings. The molecule has 0 bridgehead atoms. The lowest BCUT2D eigenvalue weighted by Gasteiger charge is -2.17. The van der Waals surface area contributed by atoms with Crippen LogP contribution >= 0.6 is 11.6 Å². The van der Waals surface area contributed by atoms with Crippen LogP contribution in [0.1, 0.15) is 37.6 Å². The van der Waals surface area contributed by atoms with Crippen LogP contribution in [0.5, 0.6) is 5.75 Å². The summed E-state index contributed by atoms with van der Waals surface area (Å²) >= 11 is 6.06. The molecule has 0 aliphatic heterocycles. The number of rotatable bonds is 5. The zero-order chi connectivity index (χ0) is 17.7. The Bertz CT molecular complexity index is 709. The number of amides is 1. The van der Waals surface area contributed by atoms with Crippen LogP contribution < -0.4 is 5.48 Å². The quantitative estimate of drug-likeness (QED) is 0.602. The zero-order valence-corrected chi connectivity index (χ0v) is 14.9. The van der Waals surface area contributed by atoms with Gasteiger partial charge in [-0.15, -0.1) is 0 Å². The fourth-order valence-corrected chi connectivity index (χ4v) is 2.32. The molecule has 0 fully saturated rings. The summed E-state index contributed by atoms with van der Waals surface area (Å²) in [4.78, 5) is 17.5. The summed E-state index contributed by atoms with van der Waals surface area (Å²) in [5, 5.41) is 10.2. The molecule has 0 spiro atoms. The largest absolute Gasteiger partial charge is 0.506 e. The maximum Gasteiger partial charge on any atom is 0.278 e. The standard InChI is InChI=1S/C19H22ClNO3/c1-19(2,3)9-10-24-21-18(23)15-11-14(12-16(20)17(15)22)13-7-5-4-6-8-13/h4-8,11-12,22H,9-10H2,1-3H3,(H,21,23). The monoisotopic (exact) mass is 347 g/mol. The molecule has 4 nitrogen and oxygen atoms in total. The first-order chi connectivity index (χ1) is 11.3. The first kappa shape index (κ1) is 18.3. The fourth-order valence-electron chi connectivity index (χ4n) is 2.10. The Labute approximate surface area is 147 Å². The summed E-state index contributed by atoms with van der Waals surface area (Å²) in [5.41, 5.74) is 4.21. The molecular weight excluding hydrogens is 326 g/mol. The van der Waals surface area contributed by atoms with E-state index in [1.54, 1.807) is 12.1 Å². The molecule has 2 aromatic rings. The molecule has 0 saturated heterocycles. The van der Waals surface area contributed by atoms with Crippen LogP contribution in [0.2, 0.25) is 5.02 Å². The third-order valence-corrected chi connectivity index (χ3v) is 3.82. The molecule has 0 saturated carbocycles. The zero-order valence-electron chi connectivity index (χ0n) is 14.1. The Hall–Kier alpha value is -2.04. The van der Waals surface area contributed by atoms with Gasteiger partial charge in [0.05, 0.1) is 17.2 Å². The summed E-state index contributed by atoms with van der Waals surface area (Å²) < 4.78 is 0. The first-order valence-corrected chi connectivity index (χ1v) is 8.16. The highest BCUT2D eigenvalue weighted by molar-refractivity contribution is 6.33. The lowest BCUT2D eigenvalue weighted by molar-refractivity contribution is 0.0219. The van der Waals surface area contributed by atoms with Crippen LogP contribution in [0, 0.1) is 5.41 Å². The van der Waals surface area contributed by atoms with Gasteiger partial charge in [0.25, 0.3) is 5.91 Å². The minimum Gasteiger partial charge on any atom is -0.506 e. The number of hydrogen-bond donors (Lipinski definition) is 2. The van der Waals surface area contributed by atoms with E-state index in [9.17, 15) is 9.90 Å². The maximum absolute atomic E-state index is 12.3. The molecule has 1 amide bonds. The van der Waals surface area contributed by atoms with E-state index in [2.05, 4.69) is 26.3 Å². The van der Waals surface area contributed by atoms with Crippen LogP contribution in [0.3, 0.4) is 0 Å². The number of carbonyl (C=O) groups excluding carboxylic acids is 1. The minimum atomic E-state index is -0.527. The van der Waals surface area contributed by atoms with Crippen LogP contribution in [-0.4, -0.2) is 17.6 Å². The Balaban J connectivity index is 2.14. The number of halogens is 1. The Morgan fingerprint density at radius 1 is 1.17 bits per heavy atom. The SMILES string of the molecule is CC(C)(C)CCONC(=O)c1cc(-c2ccccc2)cc(Cl)c1O. The number of hydrogen-bond acceptors (Lipinski definition) is 3. The van der Waals surface area contributed by atoms with Crippen molar-refractivity contribution in [2.24, 2.45) is 5.41 Å². The highest BCUT2D eigenvalue weighted by Gasteiger charge is 2.17. The van der Waals surface area contributed by atoms with Gasteiger partial charge in [-0.1, -0.05) is 62.7 Å². The second-order valence-electron chi connectivity index (χ2n) is 6.81. The van der Waals surface area contributed by atoms with E-state index in [0.717, 1.165) is 17.5 Å². The molecule has 2 rings (SSSR count). The number of hydroxylamine groups is 1. The molecule has 5 heteroatoms. The summed E-state index contributed by atoms with van der Waals surface area (Å²) in [6.07, 6.45) is 0.796. The second-order valence-corrected chi connectivity index (χ2v) is 7.22. The molecule has 0 aliphatic carbocycles. The third-order valence-electron chi connectivity index (χ3n) is 3.53. The number of carbonyl (C=O) groups is 1. The summed E-state index contributed by atoms with van der Waals surface area (Å²) in [7, 11) is 0. The van der Waals surface area contributed by atoms with Gasteiger partial charge in [-0.3, -0.25) is 9.63 Å². The average molecular weight is 348 g/mol. The Morgan fingerprint density at radius 2 is 1.83 bits per heavy atom. The lowest BCUT2D eigenvalue weighted by atomic mass is 9.93. The lowest BCUT2D eigenvalue weighted by Crippen LogP contribution is -2.25. The Morgan fingerprint density at radius 3 is 2.46 bits per heavy atom. The topological polar surface area (TPSA) is 58.6 Å². The van der Waals surface area contributed by atoms with Gasteiger partial charge in [0.15, 0.2) is 0 Å². The van der Waals surface area contributed by atoms with Gasteiger partial charge in [-0.05, 0) is 35.1 Å². The molecule has 2 aromatic carbocycles. The first-order valence-electron chi connectivity index (χ1n) is 7.78. The molecule has 0 unspecified atom stereocenters. The molecule has 2 N–H and O–H groups in total. The van der Waals surface area contributed by atoms with Crippen LogP contribution in [-0.2, 0) is 4.84 Å². The summed E-state index contributed by atoms with van der Waals surface area (Å²) in [6, 6.07) is 12.7. The van der Waals surface area contributed by atoms with Gasteiger partial charge in [0.1, 0.15) is 5.75 Å². The fraction of sp³-hybridized carbons (Fsp3) is 0.316. The van der Waals surface area contributed by atoms with E-state index >= 15 is 0 Å². The van der Waals surface area contributed by atoms with Crippen molar-refractivity contribution in [1.82, 2.24) is 5.48 Å². The van der Waals surface area contributed by atoms with Gasteiger partial charge in [-0.2, -0.15) is 0 Å². The number of phenolic OH excluding ortho intramolecular Hbond substituents is 1. The van der Waals surface area contributed by atoms with Crippen LogP contribution in [0.15, 0.2) is 42.5 Å². The second kappa shape index (κ2) is 7.69. The predicted octanol–water partition coefficient (Wildman–Crippen LogP) is 4.81. The van der Waals surface area contributed by atoms with E-state index in [-0.39, 0.29) is 21.8 Å². The summed E-state index contributed by atoms with van der Waals surface area (Å²) in [5.74, 6) is -0.783. The molecule has 0 atom stereocenters. The molecule has 128 valence electrons. The van der Waals surface area contributed by atoms with Crippen molar-refractivity contribution >= 4 is 17.5 Å². The molecular formula is C19H22ClNO3. The number of phenols is 1. The van der Waals surface area contributed by atoms with Crippen molar-refractivity contribution in [2.45, 2.75) is 27.2 Å². The molecule has 0 radical (unpaired) electrons. The Kier molecular flexibility index (Phi) is 5.86. The number of nitrogens with one attached hydrogen (secondary N) is 1. The van der Waals surface area contributed by atoms with Crippen molar-refractivity contribution < 1.29 is 14.7 Å². The minimum absolute atomic E-state index is 0.0807. The summed E-state index contributed by atoms with van der Waals surface area (Å²) in [6.45, 7) is 6.66. The van der Waals surface area contributed by atoms with Crippen molar-refractivity contribution in [1.29, 1.82) is 0 Å². The van der Waals surface area contributed by atoms with Crippen molar-refractivity contribution in [3.8, 4) is 16.9 Å². The van der Waals surface area contributed by atoms with Gasteiger partial charge >= 0.3 is 0 Å². The highest BCUT2D eigenvalue weighted by atomic mass is 35.5.